The molecule has 0 bridgehead atoms. The van der Waals surface area contributed by atoms with Gasteiger partial charge in [0.05, 0.1) is 11.8 Å². The number of unbranched alkanes of at least 4 members (excludes halogenated alkanes) is 1. The van der Waals surface area contributed by atoms with Crippen molar-refractivity contribution in [2.75, 3.05) is 11.9 Å². The zero-order chi connectivity index (χ0) is 21.8. The van der Waals surface area contributed by atoms with E-state index >= 15 is 0 Å². The molecule has 0 aromatic heterocycles. The Morgan fingerprint density at radius 3 is 2.67 bits per heavy atom. The summed E-state index contributed by atoms with van der Waals surface area (Å²) in [5.41, 5.74) is 5.89. The fourth-order valence-electron chi connectivity index (χ4n) is 5.18. The zero-order valence-electron chi connectivity index (χ0n) is 17.0. The summed E-state index contributed by atoms with van der Waals surface area (Å²) in [6.07, 6.45) is 1.84. The van der Waals surface area contributed by atoms with Crippen LogP contribution < -0.4 is 16.4 Å². The van der Waals surface area contributed by atoms with Gasteiger partial charge in [-0.1, -0.05) is 24.9 Å². The lowest BCUT2D eigenvalue weighted by molar-refractivity contribution is -0.143. The third-order valence-electron chi connectivity index (χ3n) is 6.51. The van der Waals surface area contributed by atoms with Gasteiger partial charge >= 0.3 is 0 Å². The van der Waals surface area contributed by atoms with E-state index < -0.39 is 29.3 Å². The third kappa shape index (κ3) is 2.85. The van der Waals surface area contributed by atoms with E-state index in [4.69, 9.17) is 17.3 Å². The first-order valence-electron chi connectivity index (χ1n) is 10.3. The number of hydrogen-bond donors (Lipinski definition) is 3. The molecule has 2 saturated heterocycles. The molecular formula is C21H25ClN4O4. The van der Waals surface area contributed by atoms with Gasteiger partial charge in [0, 0.05) is 35.3 Å². The highest BCUT2D eigenvalue weighted by atomic mass is 35.5. The number of carbonyl (C=O) groups excluding carboxylic acids is 4. The van der Waals surface area contributed by atoms with Crippen molar-refractivity contribution < 1.29 is 19.2 Å². The Balaban J connectivity index is 1.84. The Morgan fingerprint density at radius 1 is 1.27 bits per heavy atom. The van der Waals surface area contributed by atoms with E-state index in [1.807, 2.05) is 13.8 Å². The van der Waals surface area contributed by atoms with Gasteiger partial charge in [-0.25, -0.2) is 0 Å². The van der Waals surface area contributed by atoms with Gasteiger partial charge in [-0.3, -0.25) is 29.4 Å². The van der Waals surface area contributed by atoms with Crippen molar-refractivity contribution in [1.82, 2.24) is 10.2 Å². The fraction of sp³-hybridized carbons (Fsp3) is 0.524. The minimum absolute atomic E-state index is 0.0520. The van der Waals surface area contributed by atoms with E-state index in [0.29, 0.717) is 29.2 Å². The number of likely N-dealkylation sites (tertiary alicyclic amines) is 1. The number of hydrogen-bond acceptors (Lipinski definition) is 5. The first-order valence-corrected chi connectivity index (χ1v) is 10.6. The molecule has 4 N–H and O–H groups in total. The SMILES string of the molecule is CCCCN1C(=O)C2C(CCC(N)=O)NC3(C(=O)Nc4c(C)cc(Cl)cc43)C2C1=O. The molecule has 4 amide bonds. The number of imide groups is 1. The molecule has 160 valence electrons. The van der Waals surface area contributed by atoms with E-state index in [1.165, 1.54) is 4.90 Å². The van der Waals surface area contributed by atoms with Gasteiger partial charge in [0.15, 0.2) is 0 Å². The summed E-state index contributed by atoms with van der Waals surface area (Å²) in [7, 11) is 0. The number of primary amides is 1. The maximum Gasteiger partial charge on any atom is 0.250 e. The van der Waals surface area contributed by atoms with Crippen LogP contribution in [0.3, 0.4) is 0 Å². The molecule has 1 spiro atoms. The summed E-state index contributed by atoms with van der Waals surface area (Å²) in [6.45, 7) is 4.13. The van der Waals surface area contributed by atoms with E-state index in [2.05, 4.69) is 10.6 Å². The number of aryl methyl sites for hydroxylation is 1. The van der Waals surface area contributed by atoms with Crippen molar-refractivity contribution >= 4 is 40.9 Å². The van der Waals surface area contributed by atoms with Gasteiger partial charge in [-0.2, -0.15) is 0 Å². The van der Waals surface area contributed by atoms with Crippen molar-refractivity contribution in [1.29, 1.82) is 0 Å². The summed E-state index contributed by atoms with van der Waals surface area (Å²) in [5.74, 6) is -3.14. The second-order valence-electron chi connectivity index (χ2n) is 8.35. The van der Waals surface area contributed by atoms with Crippen molar-refractivity contribution in [2.45, 2.75) is 51.1 Å². The molecule has 1 aromatic rings. The van der Waals surface area contributed by atoms with Gasteiger partial charge in [0.25, 0.3) is 0 Å². The summed E-state index contributed by atoms with van der Waals surface area (Å²) >= 11 is 6.29. The van der Waals surface area contributed by atoms with Crippen LogP contribution in [0.5, 0.6) is 0 Å². The van der Waals surface area contributed by atoms with E-state index in [9.17, 15) is 19.2 Å². The van der Waals surface area contributed by atoms with Crippen molar-refractivity contribution in [3.63, 3.8) is 0 Å². The van der Waals surface area contributed by atoms with Crippen LogP contribution in [-0.2, 0) is 24.7 Å². The van der Waals surface area contributed by atoms with E-state index in [-0.39, 0.29) is 30.6 Å². The lowest BCUT2D eigenvalue weighted by atomic mass is 9.76. The number of amides is 4. The molecule has 8 nitrogen and oxygen atoms in total. The zero-order valence-corrected chi connectivity index (χ0v) is 17.7. The van der Waals surface area contributed by atoms with Crippen LogP contribution in [0.25, 0.3) is 0 Å². The van der Waals surface area contributed by atoms with Crippen molar-refractivity contribution in [3.05, 3.63) is 28.3 Å². The largest absolute Gasteiger partial charge is 0.370 e. The summed E-state index contributed by atoms with van der Waals surface area (Å²) in [4.78, 5) is 52.7. The molecule has 2 fully saturated rings. The molecule has 30 heavy (non-hydrogen) atoms. The van der Waals surface area contributed by atoms with Crippen LogP contribution in [0, 0.1) is 18.8 Å². The first kappa shape index (κ1) is 20.8. The molecular weight excluding hydrogens is 408 g/mol. The molecule has 0 saturated carbocycles. The van der Waals surface area contributed by atoms with Crippen molar-refractivity contribution in [3.8, 4) is 0 Å². The summed E-state index contributed by atoms with van der Waals surface area (Å²) < 4.78 is 0. The molecule has 3 aliphatic heterocycles. The molecule has 4 rings (SSSR count). The molecule has 0 radical (unpaired) electrons. The number of halogens is 1. The highest BCUT2D eigenvalue weighted by Crippen LogP contribution is 2.54. The topological polar surface area (TPSA) is 122 Å². The highest BCUT2D eigenvalue weighted by molar-refractivity contribution is 6.31. The molecule has 4 unspecified atom stereocenters. The predicted molar refractivity (Wildman–Crippen MR) is 110 cm³/mol. The quantitative estimate of drug-likeness (QED) is 0.587. The number of nitrogens with zero attached hydrogens (tertiary/aromatic N) is 1. The lowest BCUT2D eigenvalue weighted by Gasteiger charge is -2.29. The average Bonchev–Trinajstić information content (AvgIpc) is 3.25. The van der Waals surface area contributed by atoms with Crippen LogP contribution in [0.15, 0.2) is 12.1 Å². The number of nitrogens with two attached hydrogens (primary N) is 1. The normalized spacial score (nSPS) is 29.5. The summed E-state index contributed by atoms with van der Waals surface area (Å²) in [5, 5.41) is 6.60. The Hall–Kier alpha value is -2.45. The van der Waals surface area contributed by atoms with Crippen LogP contribution in [0.4, 0.5) is 5.69 Å². The number of anilines is 1. The maximum absolute atomic E-state index is 13.4. The first-order chi connectivity index (χ1) is 14.2. The molecule has 3 heterocycles. The van der Waals surface area contributed by atoms with Gasteiger partial charge < -0.3 is 11.1 Å². The van der Waals surface area contributed by atoms with Gasteiger partial charge in [-0.05, 0) is 37.5 Å². The number of carbonyl (C=O) groups is 4. The number of rotatable bonds is 6. The highest BCUT2D eigenvalue weighted by Gasteiger charge is 2.70. The Morgan fingerprint density at radius 2 is 2.00 bits per heavy atom. The average molecular weight is 433 g/mol. The maximum atomic E-state index is 13.4. The van der Waals surface area contributed by atoms with Crippen molar-refractivity contribution in [2.24, 2.45) is 17.6 Å². The minimum Gasteiger partial charge on any atom is -0.370 e. The second-order valence-corrected chi connectivity index (χ2v) is 8.78. The van der Waals surface area contributed by atoms with Gasteiger partial charge in [0.2, 0.25) is 23.6 Å². The number of nitrogens with one attached hydrogen (secondary N) is 2. The molecule has 9 heteroatoms. The standard InChI is InChI=1S/C21H25ClN4O4/c1-3-4-7-26-18(28)15-13(5-6-14(23)27)25-21(16(15)19(26)29)12-9-11(22)8-10(2)17(12)24-20(21)30/h8-9,13,15-16,25H,3-7H2,1-2H3,(H2,23,27)(H,24,30). The Kier molecular flexibility index (Phi) is 5.10. The monoisotopic (exact) mass is 432 g/mol. The van der Waals surface area contributed by atoms with Gasteiger partial charge in [-0.15, -0.1) is 0 Å². The van der Waals surface area contributed by atoms with Crippen LogP contribution in [0.2, 0.25) is 5.02 Å². The Labute approximate surface area is 179 Å². The van der Waals surface area contributed by atoms with E-state index in [1.54, 1.807) is 12.1 Å². The van der Waals surface area contributed by atoms with Crippen LogP contribution >= 0.6 is 11.6 Å². The second kappa shape index (κ2) is 7.35. The lowest BCUT2D eigenvalue weighted by Crippen LogP contribution is -2.53. The minimum atomic E-state index is -1.40. The number of fused-ring (bicyclic) bond motifs is 4. The number of benzene rings is 1. The Bertz CT molecular complexity index is 965. The molecule has 3 aliphatic rings. The third-order valence-corrected chi connectivity index (χ3v) is 6.73. The predicted octanol–water partition coefficient (Wildman–Crippen LogP) is 1.43. The molecule has 4 atom stereocenters. The molecule has 0 aliphatic carbocycles. The summed E-state index contributed by atoms with van der Waals surface area (Å²) in [6, 6.07) is 2.89. The van der Waals surface area contributed by atoms with Gasteiger partial charge in [0.1, 0.15) is 5.54 Å². The fourth-order valence-corrected chi connectivity index (χ4v) is 5.45. The van der Waals surface area contributed by atoms with Crippen LogP contribution in [0.1, 0.15) is 43.7 Å². The van der Waals surface area contributed by atoms with E-state index in [0.717, 1.165) is 12.0 Å². The molecule has 1 aromatic carbocycles. The van der Waals surface area contributed by atoms with Crippen LogP contribution in [-0.4, -0.2) is 41.1 Å². The smallest absolute Gasteiger partial charge is 0.250 e.